The Morgan fingerprint density at radius 2 is 1.80 bits per heavy atom. The number of aliphatic carboxylic acids is 1. The number of pyridine rings is 2. The Labute approximate surface area is 192 Å². The number of carboxylic acids is 1. The van der Waals surface area contributed by atoms with E-state index in [0.29, 0.717) is 11.2 Å². The Kier molecular flexibility index (Phi) is 7.52. The van der Waals surface area contributed by atoms with E-state index in [0.717, 1.165) is 12.8 Å². The van der Waals surface area contributed by atoms with Crippen molar-refractivity contribution in [2.45, 2.75) is 25.6 Å². The van der Waals surface area contributed by atoms with Crippen LogP contribution in [0, 0.1) is 5.92 Å². The summed E-state index contributed by atoms with van der Waals surface area (Å²) in [6, 6.07) is 9.22. The molecule has 0 bridgehead atoms. The molecule has 1 saturated carbocycles. The summed E-state index contributed by atoms with van der Waals surface area (Å²) in [5.41, 5.74) is 0.508. The van der Waals surface area contributed by atoms with E-state index >= 15 is 0 Å². The van der Waals surface area contributed by atoms with Gasteiger partial charge in [-0.3, -0.25) is 9.59 Å². The van der Waals surface area contributed by atoms with Crippen LogP contribution in [0.25, 0.3) is 10.9 Å². The van der Waals surface area contributed by atoms with Crippen LogP contribution in [0.4, 0.5) is 39.1 Å². The minimum atomic E-state index is -5.08. The summed E-state index contributed by atoms with van der Waals surface area (Å²) < 4.78 is 61.6. The van der Waals surface area contributed by atoms with Gasteiger partial charge in [0.2, 0.25) is 5.91 Å². The first-order valence-corrected chi connectivity index (χ1v) is 9.90. The van der Waals surface area contributed by atoms with Crippen molar-refractivity contribution in [3.05, 3.63) is 52.9 Å². The standard InChI is InChI=1S/C19H16F2N4O3.C2HF3O2/c20-19(21)28-14-4-2-1-3-11(14)23-13-9-15(25-17(26)10-5-6-10)24-12-7-8-22-18(27)16(12)13;3-2(4,5)1(6)7/h1-4,7-10,19H,5-6H2,(H,22,27)(H2,23,24,25,26);(H,6,7). The third kappa shape index (κ3) is 6.88. The van der Waals surface area contributed by atoms with Crippen molar-refractivity contribution in [2.75, 3.05) is 10.6 Å². The lowest BCUT2D eigenvalue weighted by molar-refractivity contribution is -0.192. The van der Waals surface area contributed by atoms with E-state index in [1.54, 1.807) is 24.3 Å². The molecule has 0 saturated heterocycles. The summed E-state index contributed by atoms with van der Waals surface area (Å²) in [6.07, 6.45) is -1.97. The first-order valence-electron chi connectivity index (χ1n) is 9.90. The quantitative estimate of drug-likeness (QED) is 0.372. The molecular weight excluding hydrogens is 483 g/mol. The fraction of sp³-hybridized carbons (Fsp3) is 0.238. The third-order valence-corrected chi connectivity index (χ3v) is 4.54. The first kappa shape index (κ1) is 25.4. The van der Waals surface area contributed by atoms with Crippen molar-refractivity contribution in [1.29, 1.82) is 0 Å². The average molecular weight is 500 g/mol. The van der Waals surface area contributed by atoms with Crippen LogP contribution in [-0.4, -0.2) is 39.7 Å². The SMILES string of the molecule is O=C(Nc1cc(Nc2ccccc2OC(F)F)c2c(=O)[nH]ccc2n1)C1CC1.O=C(O)C(F)(F)F. The molecule has 35 heavy (non-hydrogen) atoms. The van der Waals surface area contributed by atoms with Gasteiger partial charge in [-0.25, -0.2) is 9.78 Å². The van der Waals surface area contributed by atoms with Gasteiger partial charge in [-0.2, -0.15) is 22.0 Å². The van der Waals surface area contributed by atoms with E-state index in [4.69, 9.17) is 9.90 Å². The van der Waals surface area contributed by atoms with Gasteiger partial charge in [-0.05, 0) is 31.0 Å². The maximum Gasteiger partial charge on any atom is 0.490 e. The number of rotatable bonds is 6. The molecule has 0 spiro atoms. The van der Waals surface area contributed by atoms with Crippen molar-refractivity contribution < 1.29 is 41.4 Å². The molecule has 186 valence electrons. The smallest absolute Gasteiger partial charge is 0.475 e. The molecule has 0 atom stereocenters. The number of alkyl halides is 5. The van der Waals surface area contributed by atoms with E-state index in [9.17, 15) is 31.5 Å². The van der Waals surface area contributed by atoms with Crippen LogP contribution in [0.5, 0.6) is 5.75 Å². The summed E-state index contributed by atoms with van der Waals surface area (Å²) in [6.45, 7) is -2.99. The second-order valence-corrected chi connectivity index (χ2v) is 7.19. The van der Waals surface area contributed by atoms with Crippen LogP contribution in [0.2, 0.25) is 0 Å². The van der Waals surface area contributed by atoms with E-state index < -0.39 is 24.3 Å². The van der Waals surface area contributed by atoms with Crippen LogP contribution >= 0.6 is 0 Å². The van der Waals surface area contributed by atoms with E-state index in [2.05, 4.69) is 25.3 Å². The zero-order valence-electron chi connectivity index (χ0n) is 17.5. The molecule has 2 heterocycles. The van der Waals surface area contributed by atoms with Gasteiger partial charge in [0.05, 0.1) is 22.3 Å². The minimum Gasteiger partial charge on any atom is -0.475 e. The summed E-state index contributed by atoms with van der Waals surface area (Å²) in [4.78, 5) is 40.2. The topological polar surface area (TPSA) is 133 Å². The van der Waals surface area contributed by atoms with Crippen LogP contribution in [0.3, 0.4) is 0 Å². The number of ether oxygens (including phenoxy) is 1. The molecule has 1 amide bonds. The number of fused-ring (bicyclic) bond motifs is 1. The predicted octanol–water partition coefficient (Wildman–Crippen LogP) is 4.25. The van der Waals surface area contributed by atoms with Gasteiger partial charge >= 0.3 is 18.8 Å². The van der Waals surface area contributed by atoms with Gasteiger partial charge in [-0.1, -0.05) is 12.1 Å². The Morgan fingerprint density at radius 1 is 1.14 bits per heavy atom. The van der Waals surface area contributed by atoms with Gasteiger partial charge in [-0.15, -0.1) is 0 Å². The predicted molar refractivity (Wildman–Crippen MR) is 114 cm³/mol. The van der Waals surface area contributed by atoms with Crippen LogP contribution in [-0.2, 0) is 9.59 Å². The Hall–Kier alpha value is -4.23. The fourth-order valence-electron chi connectivity index (χ4n) is 2.84. The number of para-hydroxylation sites is 2. The zero-order chi connectivity index (χ0) is 25.8. The molecule has 2 aromatic heterocycles. The summed E-state index contributed by atoms with van der Waals surface area (Å²) >= 11 is 0. The van der Waals surface area contributed by atoms with Gasteiger partial charge in [0.1, 0.15) is 11.6 Å². The van der Waals surface area contributed by atoms with Gasteiger partial charge < -0.3 is 25.5 Å². The van der Waals surface area contributed by atoms with E-state index in [1.807, 2.05) is 0 Å². The highest BCUT2D eigenvalue weighted by molar-refractivity contribution is 5.98. The van der Waals surface area contributed by atoms with E-state index in [-0.39, 0.29) is 34.5 Å². The second kappa shape index (κ2) is 10.4. The number of carbonyl (C=O) groups excluding carboxylic acids is 1. The Balaban J connectivity index is 0.000000429. The molecule has 1 aliphatic carbocycles. The third-order valence-electron chi connectivity index (χ3n) is 4.54. The monoisotopic (exact) mass is 500 g/mol. The number of nitrogens with one attached hydrogen (secondary N) is 3. The molecule has 4 rings (SSSR count). The second-order valence-electron chi connectivity index (χ2n) is 7.19. The summed E-state index contributed by atoms with van der Waals surface area (Å²) in [5.74, 6) is -2.71. The molecular formula is C21H17F5N4O5. The number of aromatic amines is 1. The van der Waals surface area contributed by atoms with Gasteiger partial charge in [0.25, 0.3) is 5.56 Å². The number of carboxylic acid groups (broad SMARTS) is 1. The zero-order valence-corrected chi connectivity index (χ0v) is 17.5. The number of amides is 1. The molecule has 1 aromatic carbocycles. The number of aromatic nitrogens is 2. The van der Waals surface area contributed by atoms with Crippen molar-refractivity contribution in [2.24, 2.45) is 5.92 Å². The number of halogens is 5. The largest absolute Gasteiger partial charge is 0.490 e. The molecule has 14 heteroatoms. The van der Waals surface area contributed by atoms with Crippen molar-refractivity contribution in [3.8, 4) is 5.75 Å². The average Bonchev–Trinajstić information content (AvgIpc) is 3.60. The lowest BCUT2D eigenvalue weighted by Gasteiger charge is -2.15. The van der Waals surface area contributed by atoms with Crippen molar-refractivity contribution in [3.63, 3.8) is 0 Å². The van der Waals surface area contributed by atoms with Gasteiger partial charge in [0.15, 0.2) is 0 Å². The lowest BCUT2D eigenvalue weighted by Crippen LogP contribution is -2.21. The Bertz CT molecular complexity index is 1290. The maximum absolute atomic E-state index is 12.7. The highest BCUT2D eigenvalue weighted by atomic mass is 19.4. The van der Waals surface area contributed by atoms with Crippen LogP contribution in [0.15, 0.2) is 47.4 Å². The van der Waals surface area contributed by atoms with E-state index in [1.165, 1.54) is 18.3 Å². The number of anilines is 3. The number of hydrogen-bond donors (Lipinski definition) is 4. The van der Waals surface area contributed by atoms with Crippen molar-refractivity contribution >= 4 is 40.0 Å². The first-order chi connectivity index (χ1) is 16.5. The summed E-state index contributed by atoms with van der Waals surface area (Å²) in [5, 5.41) is 13.0. The highest BCUT2D eigenvalue weighted by Gasteiger charge is 2.38. The molecule has 0 aliphatic heterocycles. The fourth-order valence-corrected chi connectivity index (χ4v) is 2.84. The molecule has 0 unspecified atom stereocenters. The molecule has 3 aromatic rings. The van der Waals surface area contributed by atoms with Crippen LogP contribution < -0.4 is 20.9 Å². The van der Waals surface area contributed by atoms with Crippen LogP contribution in [0.1, 0.15) is 12.8 Å². The number of carbonyl (C=O) groups is 2. The molecule has 4 N–H and O–H groups in total. The molecule has 1 fully saturated rings. The normalized spacial score (nSPS) is 13.1. The number of nitrogens with zero attached hydrogens (tertiary/aromatic N) is 1. The lowest BCUT2D eigenvalue weighted by atomic mass is 10.2. The minimum absolute atomic E-state index is 0.0201. The maximum atomic E-state index is 12.7. The molecule has 0 radical (unpaired) electrons. The molecule has 9 nitrogen and oxygen atoms in total. The number of hydrogen-bond acceptors (Lipinski definition) is 6. The Morgan fingerprint density at radius 3 is 2.40 bits per heavy atom. The summed E-state index contributed by atoms with van der Waals surface area (Å²) in [7, 11) is 0. The van der Waals surface area contributed by atoms with Crippen molar-refractivity contribution in [1.82, 2.24) is 9.97 Å². The number of H-pyrrole nitrogens is 1. The number of benzene rings is 1. The molecule has 1 aliphatic rings. The highest BCUT2D eigenvalue weighted by Crippen LogP contribution is 2.33. The van der Waals surface area contributed by atoms with Gasteiger partial charge in [0, 0.05) is 18.2 Å².